The van der Waals surface area contributed by atoms with Crippen molar-refractivity contribution in [2.24, 2.45) is 11.1 Å². The Labute approximate surface area is 113 Å². The highest BCUT2D eigenvalue weighted by molar-refractivity contribution is 5.82. The first kappa shape index (κ1) is 14.4. The van der Waals surface area contributed by atoms with Crippen LogP contribution in [0.25, 0.3) is 0 Å². The van der Waals surface area contributed by atoms with E-state index in [1.807, 2.05) is 0 Å². The molecule has 9 nitrogen and oxygen atoms in total. The second kappa shape index (κ2) is 4.85. The fourth-order valence-corrected chi connectivity index (χ4v) is 2.25. The zero-order valence-corrected chi connectivity index (χ0v) is 10.8. The Morgan fingerprint density at radius 3 is 2.75 bits per heavy atom. The predicted molar refractivity (Wildman–Crippen MR) is 67.2 cm³/mol. The van der Waals surface area contributed by atoms with Crippen LogP contribution in [0.15, 0.2) is 17.1 Å². The largest absolute Gasteiger partial charge is 0.394 e. The van der Waals surface area contributed by atoms with Gasteiger partial charge in [0.2, 0.25) is 5.91 Å². The molecule has 0 radical (unpaired) electrons. The van der Waals surface area contributed by atoms with Gasteiger partial charge in [-0.1, -0.05) is 0 Å². The van der Waals surface area contributed by atoms with Crippen molar-refractivity contribution in [1.29, 1.82) is 0 Å². The van der Waals surface area contributed by atoms with E-state index < -0.39 is 42.1 Å². The van der Waals surface area contributed by atoms with Gasteiger partial charge in [-0.05, 0) is 13.0 Å². The van der Waals surface area contributed by atoms with Crippen molar-refractivity contribution in [1.82, 2.24) is 9.55 Å². The van der Waals surface area contributed by atoms with E-state index >= 15 is 0 Å². The van der Waals surface area contributed by atoms with E-state index in [0.29, 0.717) is 0 Å². The lowest BCUT2D eigenvalue weighted by atomic mass is 9.80. The molecular weight excluding hydrogens is 268 g/mol. The summed E-state index contributed by atoms with van der Waals surface area (Å²) < 4.78 is 6.39. The molecule has 0 spiro atoms. The predicted octanol–water partition coefficient (Wildman–Crippen LogP) is -2.43. The van der Waals surface area contributed by atoms with Gasteiger partial charge in [-0.25, -0.2) is 4.79 Å². The van der Waals surface area contributed by atoms with Gasteiger partial charge in [0.05, 0.1) is 6.61 Å². The molecule has 20 heavy (non-hydrogen) atoms. The van der Waals surface area contributed by atoms with Crippen molar-refractivity contribution in [2.75, 3.05) is 12.3 Å². The van der Waals surface area contributed by atoms with E-state index in [1.54, 1.807) is 0 Å². The second-order valence-corrected chi connectivity index (χ2v) is 4.83. The van der Waals surface area contributed by atoms with Crippen molar-refractivity contribution < 1.29 is 19.7 Å². The molecule has 1 aliphatic heterocycles. The van der Waals surface area contributed by atoms with Crippen molar-refractivity contribution in [3.63, 3.8) is 0 Å². The van der Waals surface area contributed by atoms with Gasteiger partial charge >= 0.3 is 5.69 Å². The summed E-state index contributed by atoms with van der Waals surface area (Å²) in [7, 11) is 0. The van der Waals surface area contributed by atoms with Gasteiger partial charge in [-0.3, -0.25) is 9.36 Å². The highest BCUT2D eigenvalue weighted by Gasteiger charge is 2.57. The molecule has 1 amide bonds. The maximum Gasteiger partial charge on any atom is 0.351 e. The van der Waals surface area contributed by atoms with Crippen LogP contribution >= 0.6 is 0 Å². The normalized spacial score (nSPS) is 33.2. The maximum atomic E-state index is 11.8. The van der Waals surface area contributed by atoms with Gasteiger partial charge in [-0.15, -0.1) is 0 Å². The average Bonchev–Trinajstić information content (AvgIpc) is 2.64. The minimum Gasteiger partial charge on any atom is -0.394 e. The number of aromatic nitrogens is 2. The number of carbonyl (C=O) groups is 1. The number of nitrogens with two attached hydrogens (primary N) is 2. The third kappa shape index (κ3) is 1.96. The summed E-state index contributed by atoms with van der Waals surface area (Å²) in [6, 6.07) is 1.35. The zero-order valence-electron chi connectivity index (χ0n) is 10.8. The molecule has 2 heterocycles. The smallest absolute Gasteiger partial charge is 0.351 e. The highest BCUT2D eigenvalue weighted by Crippen LogP contribution is 2.42. The minimum absolute atomic E-state index is 0.0232. The minimum atomic E-state index is -1.51. The number of anilines is 1. The fourth-order valence-electron chi connectivity index (χ4n) is 2.25. The summed E-state index contributed by atoms with van der Waals surface area (Å²) in [6.07, 6.45) is -2.31. The molecular formula is C11H16N4O5. The van der Waals surface area contributed by atoms with Gasteiger partial charge in [0.1, 0.15) is 23.4 Å². The van der Waals surface area contributed by atoms with E-state index in [4.69, 9.17) is 16.2 Å². The molecule has 1 fully saturated rings. The third-order valence-electron chi connectivity index (χ3n) is 3.68. The van der Waals surface area contributed by atoms with Crippen LogP contribution in [0, 0.1) is 5.41 Å². The van der Waals surface area contributed by atoms with Crippen LogP contribution in [0.3, 0.4) is 0 Å². The van der Waals surface area contributed by atoms with E-state index in [1.165, 1.54) is 19.2 Å². The third-order valence-corrected chi connectivity index (χ3v) is 3.68. The van der Waals surface area contributed by atoms with E-state index in [9.17, 15) is 19.8 Å². The number of ether oxygens (including phenoxy) is 1. The van der Waals surface area contributed by atoms with Crippen molar-refractivity contribution >= 4 is 11.7 Å². The standard InChI is InChI=1S/C11H16N4O5/c1-11(9(13)18)5(4-16)20-8(7(11)17)15-3-2-6(12)14-10(15)19/h2-3,5,7-8,16-17H,4H2,1H3,(H2,13,18)(H2,12,14,19)/t5-,7?,8+,11?/m1/s1. The van der Waals surface area contributed by atoms with Gasteiger partial charge in [0, 0.05) is 6.20 Å². The second-order valence-electron chi connectivity index (χ2n) is 4.83. The first-order valence-electron chi connectivity index (χ1n) is 5.91. The molecule has 1 aromatic heterocycles. The summed E-state index contributed by atoms with van der Waals surface area (Å²) in [5, 5.41) is 19.6. The number of nitrogen functional groups attached to an aromatic ring is 1. The number of primary amides is 1. The van der Waals surface area contributed by atoms with Crippen LogP contribution in [-0.4, -0.2) is 44.5 Å². The summed E-state index contributed by atoms with van der Waals surface area (Å²) in [5.41, 5.74) is 8.40. The topological polar surface area (TPSA) is 154 Å². The Kier molecular flexibility index (Phi) is 3.50. The Morgan fingerprint density at radius 2 is 2.30 bits per heavy atom. The Hall–Kier alpha value is -1.97. The first-order chi connectivity index (χ1) is 9.32. The van der Waals surface area contributed by atoms with Crippen LogP contribution < -0.4 is 17.2 Å². The molecule has 0 saturated carbocycles. The molecule has 1 aromatic rings. The van der Waals surface area contributed by atoms with Crippen LogP contribution in [0.4, 0.5) is 5.82 Å². The van der Waals surface area contributed by atoms with Crippen LogP contribution in [0.5, 0.6) is 0 Å². The molecule has 2 unspecified atom stereocenters. The number of aliphatic hydroxyl groups excluding tert-OH is 2. The quantitative estimate of drug-likeness (QED) is 0.481. The fraction of sp³-hybridized carbons (Fsp3) is 0.545. The van der Waals surface area contributed by atoms with Crippen LogP contribution in [0.1, 0.15) is 13.2 Å². The van der Waals surface area contributed by atoms with Crippen molar-refractivity contribution in [3.8, 4) is 0 Å². The maximum absolute atomic E-state index is 11.8. The van der Waals surface area contributed by atoms with Gasteiger partial charge < -0.3 is 26.4 Å². The summed E-state index contributed by atoms with van der Waals surface area (Å²) in [4.78, 5) is 26.8. The lowest BCUT2D eigenvalue weighted by Gasteiger charge is -2.27. The van der Waals surface area contributed by atoms with Crippen molar-refractivity contribution in [2.45, 2.75) is 25.4 Å². The molecule has 4 atom stereocenters. The first-order valence-corrected chi connectivity index (χ1v) is 5.91. The number of carbonyl (C=O) groups excluding carboxylic acids is 1. The molecule has 2 rings (SSSR count). The molecule has 110 valence electrons. The summed E-state index contributed by atoms with van der Waals surface area (Å²) >= 11 is 0. The number of hydrogen-bond acceptors (Lipinski definition) is 7. The molecule has 1 saturated heterocycles. The number of rotatable bonds is 3. The van der Waals surface area contributed by atoms with Gasteiger partial charge in [-0.2, -0.15) is 4.98 Å². The number of hydrogen-bond donors (Lipinski definition) is 4. The monoisotopic (exact) mass is 284 g/mol. The lowest BCUT2D eigenvalue weighted by Crippen LogP contribution is -2.50. The molecule has 1 aliphatic rings. The van der Waals surface area contributed by atoms with E-state index in [2.05, 4.69) is 4.98 Å². The number of aliphatic hydroxyl groups is 2. The molecule has 0 bridgehead atoms. The Bertz CT molecular complexity index is 588. The number of nitrogens with zero attached hydrogens (tertiary/aromatic N) is 2. The molecule has 0 aliphatic carbocycles. The summed E-state index contributed by atoms with van der Waals surface area (Å²) in [6.45, 7) is 0.848. The average molecular weight is 284 g/mol. The SMILES string of the molecule is CC1(C(N)=O)C(O)[C@@H](n2ccc(N)nc2=O)O[C@@H]1CO. The van der Waals surface area contributed by atoms with Crippen LogP contribution in [-0.2, 0) is 9.53 Å². The lowest BCUT2D eigenvalue weighted by molar-refractivity contribution is -0.135. The number of amides is 1. The van der Waals surface area contributed by atoms with Crippen molar-refractivity contribution in [3.05, 3.63) is 22.7 Å². The summed E-state index contributed by atoms with van der Waals surface area (Å²) in [5.74, 6) is -0.807. The Balaban J connectivity index is 2.45. The van der Waals surface area contributed by atoms with E-state index in [0.717, 1.165) is 4.57 Å². The zero-order chi connectivity index (χ0) is 15.1. The highest BCUT2D eigenvalue weighted by atomic mass is 16.5. The Morgan fingerprint density at radius 1 is 1.65 bits per heavy atom. The molecule has 9 heteroatoms. The molecule has 6 N–H and O–H groups in total. The van der Waals surface area contributed by atoms with Gasteiger partial charge in [0.25, 0.3) is 0 Å². The van der Waals surface area contributed by atoms with Crippen LogP contribution in [0.2, 0.25) is 0 Å². The molecule has 0 aromatic carbocycles. The van der Waals surface area contributed by atoms with Gasteiger partial charge in [0.15, 0.2) is 6.23 Å². The van der Waals surface area contributed by atoms with E-state index in [-0.39, 0.29) is 5.82 Å².